The van der Waals surface area contributed by atoms with Gasteiger partial charge in [-0.3, -0.25) is 0 Å². The number of rotatable bonds is 4. The van der Waals surface area contributed by atoms with E-state index in [0.29, 0.717) is 30.0 Å². The second-order valence-corrected chi connectivity index (χ2v) is 9.91. The van der Waals surface area contributed by atoms with Crippen LogP contribution in [-0.4, -0.2) is 22.4 Å². The fourth-order valence-electron chi connectivity index (χ4n) is 6.98. The molecule has 2 aromatic rings. The van der Waals surface area contributed by atoms with Crippen molar-refractivity contribution in [3.8, 4) is 5.75 Å². The molecule has 29 heavy (non-hydrogen) atoms. The monoisotopic (exact) mass is 391 g/mol. The molecule has 0 amide bonds. The molecule has 0 aliphatic heterocycles. The van der Waals surface area contributed by atoms with Crippen LogP contribution in [0.2, 0.25) is 0 Å². The number of aromatic hydroxyl groups is 1. The van der Waals surface area contributed by atoms with Crippen LogP contribution in [0.1, 0.15) is 61.6 Å². The first kappa shape index (κ1) is 19.1. The molecule has 3 heteroatoms. The van der Waals surface area contributed by atoms with Crippen LogP contribution in [0, 0.1) is 17.3 Å². The van der Waals surface area contributed by atoms with E-state index in [2.05, 4.69) is 42.6 Å². The lowest BCUT2D eigenvalue weighted by molar-refractivity contribution is -0.101. The van der Waals surface area contributed by atoms with Gasteiger partial charge in [-0.15, -0.1) is 0 Å². The highest BCUT2D eigenvalue weighted by molar-refractivity contribution is 5.40. The summed E-state index contributed by atoms with van der Waals surface area (Å²) in [6.07, 6.45) is 6.52. The Hall–Kier alpha value is -1.84. The number of hydrogen-bond donors (Lipinski definition) is 3. The third-order valence-electron chi connectivity index (χ3n) is 8.62. The molecule has 2 aromatic carbocycles. The summed E-state index contributed by atoms with van der Waals surface area (Å²) >= 11 is 0. The second-order valence-electron chi connectivity index (χ2n) is 9.91. The van der Waals surface area contributed by atoms with E-state index < -0.39 is 5.60 Å². The van der Waals surface area contributed by atoms with Gasteiger partial charge < -0.3 is 15.5 Å². The highest BCUT2D eigenvalue weighted by Gasteiger charge is 2.61. The SMILES string of the molecule is C[C@@]12CC[C@@H]3c4ccc(O)cc4CC[C@@H]3[C@@H]1CC[C@]2(O)CNCc1ccccc1. The number of nitrogens with one attached hydrogen (secondary N) is 1. The number of hydrogen-bond acceptors (Lipinski definition) is 3. The van der Waals surface area contributed by atoms with Crippen molar-refractivity contribution in [2.75, 3.05) is 6.54 Å². The van der Waals surface area contributed by atoms with Crippen molar-refractivity contribution in [2.45, 2.75) is 63.5 Å². The van der Waals surface area contributed by atoms with E-state index >= 15 is 0 Å². The maximum Gasteiger partial charge on any atom is 0.115 e. The first-order valence-corrected chi connectivity index (χ1v) is 11.3. The van der Waals surface area contributed by atoms with E-state index in [1.807, 2.05) is 18.2 Å². The molecule has 0 bridgehead atoms. The molecule has 5 rings (SSSR count). The van der Waals surface area contributed by atoms with Gasteiger partial charge in [0.1, 0.15) is 5.75 Å². The summed E-state index contributed by atoms with van der Waals surface area (Å²) in [5, 5.41) is 25.2. The van der Waals surface area contributed by atoms with Crippen molar-refractivity contribution in [3.05, 3.63) is 65.2 Å². The van der Waals surface area contributed by atoms with E-state index in [4.69, 9.17) is 0 Å². The van der Waals surface area contributed by atoms with E-state index in [9.17, 15) is 10.2 Å². The normalized spacial score (nSPS) is 35.6. The van der Waals surface area contributed by atoms with E-state index in [0.717, 1.165) is 38.6 Å². The minimum absolute atomic E-state index is 0.00766. The molecule has 3 aliphatic carbocycles. The molecule has 0 spiro atoms. The average molecular weight is 392 g/mol. The molecule has 0 unspecified atom stereocenters. The smallest absolute Gasteiger partial charge is 0.115 e. The fraction of sp³-hybridized carbons (Fsp3) is 0.538. The molecule has 3 aliphatic rings. The predicted molar refractivity (Wildman–Crippen MR) is 116 cm³/mol. The topological polar surface area (TPSA) is 52.5 Å². The lowest BCUT2D eigenvalue weighted by Gasteiger charge is -2.53. The molecule has 0 heterocycles. The quantitative estimate of drug-likeness (QED) is 0.704. The minimum Gasteiger partial charge on any atom is -0.508 e. The molecule has 2 fully saturated rings. The van der Waals surface area contributed by atoms with Gasteiger partial charge in [-0.2, -0.15) is 0 Å². The number of fused-ring (bicyclic) bond motifs is 5. The van der Waals surface area contributed by atoms with Crippen LogP contribution >= 0.6 is 0 Å². The largest absolute Gasteiger partial charge is 0.508 e. The van der Waals surface area contributed by atoms with Crippen LogP contribution in [0.5, 0.6) is 5.75 Å². The Kier molecular flexibility index (Phi) is 4.71. The maximum atomic E-state index is 11.8. The van der Waals surface area contributed by atoms with Crippen LogP contribution in [0.15, 0.2) is 48.5 Å². The number of phenolic OH excluding ortho intramolecular Hbond substituents is 1. The number of benzene rings is 2. The standard InChI is InChI=1S/C26H33NO2/c1-25-13-11-22-21-10-8-20(28)15-19(21)7-9-23(22)24(25)12-14-26(25,29)17-27-16-18-5-3-2-4-6-18/h2-6,8,10,15,22-24,27-29H,7,9,11-14,16-17H2,1H3/t22-,23+,24+,25-,26+/m1/s1. The third kappa shape index (κ3) is 3.10. The number of aliphatic hydroxyl groups is 1. The van der Waals surface area contributed by atoms with Crippen molar-refractivity contribution in [3.63, 3.8) is 0 Å². The molecule has 0 saturated heterocycles. The Morgan fingerprint density at radius 2 is 1.86 bits per heavy atom. The second kappa shape index (κ2) is 7.14. The van der Waals surface area contributed by atoms with Crippen molar-refractivity contribution < 1.29 is 10.2 Å². The molecule has 0 aromatic heterocycles. The van der Waals surface area contributed by atoms with Crippen molar-refractivity contribution >= 4 is 0 Å². The lowest BCUT2D eigenvalue weighted by atomic mass is 9.53. The van der Waals surface area contributed by atoms with Crippen LogP contribution in [0.3, 0.4) is 0 Å². The molecular weight excluding hydrogens is 358 g/mol. The Morgan fingerprint density at radius 3 is 2.69 bits per heavy atom. The Bertz CT molecular complexity index is 882. The van der Waals surface area contributed by atoms with Gasteiger partial charge in [0.15, 0.2) is 0 Å². The summed E-state index contributed by atoms with van der Waals surface area (Å²) in [6.45, 7) is 3.85. The maximum absolute atomic E-state index is 11.8. The molecule has 154 valence electrons. The van der Waals surface area contributed by atoms with Gasteiger partial charge in [-0.05, 0) is 85.1 Å². The fourth-order valence-corrected chi connectivity index (χ4v) is 6.98. The highest BCUT2D eigenvalue weighted by atomic mass is 16.3. The molecular formula is C26H33NO2. The van der Waals surface area contributed by atoms with E-state index in [1.165, 1.54) is 23.1 Å². The predicted octanol–water partition coefficient (Wildman–Crippen LogP) is 4.77. The molecule has 2 saturated carbocycles. The van der Waals surface area contributed by atoms with Gasteiger partial charge >= 0.3 is 0 Å². The Morgan fingerprint density at radius 1 is 1.03 bits per heavy atom. The van der Waals surface area contributed by atoms with Gasteiger partial charge in [-0.1, -0.05) is 43.3 Å². The minimum atomic E-state index is -0.618. The molecule has 3 N–H and O–H groups in total. The first-order valence-electron chi connectivity index (χ1n) is 11.3. The van der Waals surface area contributed by atoms with Crippen LogP contribution in [0.25, 0.3) is 0 Å². The van der Waals surface area contributed by atoms with Crippen molar-refractivity contribution in [1.29, 1.82) is 0 Å². The van der Waals surface area contributed by atoms with E-state index in [-0.39, 0.29) is 5.41 Å². The first-order chi connectivity index (χ1) is 14.0. The summed E-state index contributed by atoms with van der Waals surface area (Å²) in [7, 11) is 0. The third-order valence-corrected chi connectivity index (χ3v) is 8.62. The van der Waals surface area contributed by atoms with Gasteiger partial charge in [0.25, 0.3) is 0 Å². The van der Waals surface area contributed by atoms with Crippen LogP contribution in [0.4, 0.5) is 0 Å². The van der Waals surface area contributed by atoms with Crippen molar-refractivity contribution in [1.82, 2.24) is 5.32 Å². The summed E-state index contributed by atoms with van der Waals surface area (Å²) in [5.41, 5.74) is 3.44. The average Bonchev–Trinajstić information content (AvgIpc) is 2.99. The number of phenols is 1. The summed E-state index contributed by atoms with van der Waals surface area (Å²) in [4.78, 5) is 0. The number of aryl methyl sites for hydroxylation is 1. The molecule has 5 atom stereocenters. The zero-order chi connectivity index (χ0) is 20.1. The lowest BCUT2D eigenvalue weighted by Crippen LogP contribution is -2.55. The molecule has 3 nitrogen and oxygen atoms in total. The van der Waals surface area contributed by atoms with Crippen LogP contribution in [-0.2, 0) is 13.0 Å². The zero-order valence-corrected chi connectivity index (χ0v) is 17.4. The summed E-state index contributed by atoms with van der Waals surface area (Å²) in [5.74, 6) is 2.24. The van der Waals surface area contributed by atoms with Crippen LogP contribution < -0.4 is 5.32 Å². The summed E-state index contributed by atoms with van der Waals surface area (Å²) < 4.78 is 0. The molecule has 0 radical (unpaired) electrons. The van der Waals surface area contributed by atoms with E-state index in [1.54, 1.807) is 0 Å². The van der Waals surface area contributed by atoms with Gasteiger partial charge in [-0.25, -0.2) is 0 Å². The van der Waals surface area contributed by atoms with Gasteiger partial charge in [0, 0.05) is 18.5 Å². The van der Waals surface area contributed by atoms with Gasteiger partial charge in [0.2, 0.25) is 0 Å². The Labute approximate surface area is 174 Å². The van der Waals surface area contributed by atoms with Gasteiger partial charge in [0.05, 0.1) is 5.60 Å². The zero-order valence-electron chi connectivity index (χ0n) is 17.4. The Balaban J connectivity index is 1.32. The van der Waals surface area contributed by atoms with Crippen molar-refractivity contribution in [2.24, 2.45) is 17.3 Å². The summed E-state index contributed by atoms with van der Waals surface area (Å²) in [6, 6.07) is 16.4. The highest BCUT2D eigenvalue weighted by Crippen LogP contribution is 2.64.